The Bertz CT molecular complexity index is 1650. The van der Waals surface area contributed by atoms with Crippen molar-refractivity contribution in [1.82, 2.24) is 4.57 Å². The average molecular weight is 473 g/mol. The van der Waals surface area contributed by atoms with Gasteiger partial charge in [0.1, 0.15) is 23.5 Å². The molecule has 2 aliphatic rings. The van der Waals surface area contributed by atoms with Gasteiger partial charge in [0.2, 0.25) is 5.43 Å². The second-order valence-electron chi connectivity index (χ2n) is 9.52. The summed E-state index contributed by atoms with van der Waals surface area (Å²) in [6.07, 6.45) is -2.34. The first-order valence-electron chi connectivity index (χ1n) is 11.3. The predicted octanol–water partition coefficient (Wildman–Crippen LogP) is 3.92. The second kappa shape index (κ2) is 7.21. The maximum atomic E-state index is 13.9. The topological polar surface area (TPSA) is 93.1 Å². The summed E-state index contributed by atoms with van der Waals surface area (Å²) >= 11 is 0. The molecular formula is C27H23NO7. The number of benzene rings is 3. The number of rotatable bonds is 1. The number of pyridine rings is 1. The molecular weight excluding hydrogens is 450 g/mol. The highest BCUT2D eigenvalue weighted by atomic mass is 16.6. The van der Waals surface area contributed by atoms with Crippen molar-refractivity contribution in [1.29, 1.82) is 0 Å². The van der Waals surface area contributed by atoms with Crippen LogP contribution in [-0.2, 0) is 26.1 Å². The van der Waals surface area contributed by atoms with Crippen LogP contribution in [0.2, 0.25) is 0 Å². The first-order chi connectivity index (χ1) is 16.7. The van der Waals surface area contributed by atoms with E-state index in [-0.39, 0.29) is 5.43 Å². The van der Waals surface area contributed by atoms with Crippen LogP contribution in [0.5, 0.6) is 11.5 Å². The Balaban J connectivity index is 1.78. The second-order valence-corrected chi connectivity index (χ2v) is 9.52. The van der Waals surface area contributed by atoms with Crippen LogP contribution in [0.4, 0.5) is 0 Å². The maximum Gasteiger partial charge on any atom is 0.317 e. The number of aryl methyl sites for hydroxylation is 1. The molecule has 1 saturated heterocycles. The van der Waals surface area contributed by atoms with Crippen molar-refractivity contribution in [2.24, 2.45) is 7.05 Å². The van der Waals surface area contributed by atoms with Crippen molar-refractivity contribution in [3.05, 3.63) is 58.3 Å². The van der Waals surface area contributed by atoms with E-state index in [1.165, 1.54) is 7.11 Å². The first kappa shape index (κ1) is 21.5. The lowest BCUT2D eigenvalue weighted by Crippen LogP contribution is -2.51. The number of fused-ring (bicyclic) bond motifs is 7. The van der Waals surface area contributed by atoms with Gasteiger partial charge in [-0.25, -0.2) is 0 Å². The Hall–Kier alpha value is -4.07. The number of methoxy groups -OCH3 is 1. The highest BCUT2D eigenvalue weighted by molar-refractivity contribution is 6.04. The van der Waals surface area contributed by atoms with E-state index in [1.807, 2.05) is 48.0 Å². The zero-order valence-electron chi connectivity index (χ0n) is 19.7. The number of ether oxygens (including phenoxy) is 4. The van der Waals surface area contributed by atoms with Crippen LogP contribution in [0.1, 0.15) is 31.9 Å². The molecule has 0 radical (unpaired) electrons. The van der Waals surface area contributed by atoms with Gasteiger partial charge in [0.25, 0.3) is 0 Å². The van der Waals surface area contributed by atoms with Crippen LogP contribution in [0, 0.1) is 0 Å². The molecule has 178 valence electrons. The molecule has 0 saturated carbocycles. The molecule has 1 aromatic heterocycles. The first-order valence-corrected chi connectivity index (χ1v) is 11.3. The summed E-state index contributed by atoms with van der Waals surface area (Å²) in [5, 5.41) is 2.80. The number of nitrogens with zero attached hydrogens (tertiary/aromatic N) is 1. The quantitative estimate of drug-likeness (QED) is 0.235. The molecule has 0 bridgehead atoms. The van der Waals surface area contributed by atoms with E-state index in [0.29, 0.717) is 38.9 Å². The number of carbonyl (C=O) groups excluding carboxylic acids is 2. The summed E-state index contributed by atoms with van der Waals surface area (Å²) in [4.78, 5) is 38.7. The molecule has 8 heteroatoms. The monoisotopic (exact) mass is 473 g/mol. The SMILES string of the molecule is COc1cc2c(c3c1c(=O)c1cc4ccccc4cc1n3C)[C@H]1OC(=O)CC(=O)O[C@H]1C(C)(C)O2. The van der Waals surface area contributed by atoms with Crippen LogP contribution in [0.3, 0.4) is 0 Å². The largest absolute Gasteiger partial charge is 0.496 e. The Morgan fingerprint density at radius 1 is 1.00 bits per heavy atom. The molecule has 3 aromatic carbocycles. The smallest absolute Gasteiger partial charge is 0.317 e. The summed E-state index contributed by atoms with van der Waals surface area (Å²) in [6, 6.07) is 13.3. The van der Waals surface area contributed by atoms with Crippen molar-refractivity contribution in [3.63, 3.8) is 0 Å². The Morgan fingerprint density at radius 2 is 1.69 bits per heavy atom. The van der Waals surface area contributed by atoms with E-state index in [1.54, 1.807) is 19.9 Å². The molecule has 0 spiro atoms. The van der Waals surface area contributed by atoms with Gasteiger partial charge in [0.15, 0.2) is 12.2 Å². The van der Waals surface area contributed by atoms with Gasteiger partial charge in [-0.15, -0.1) is 0 Å². The minimum absolute atomic E-state index is 0.211. The molecule has 0 amide bonds. The number of aromatic nitrogens is 1. The molecule has 8 nitrogen and oxygen atoms in total. The van der Waals surface area contributed by atoms with Gasteiger partial charge in [-0.2, -0.15) is 0 Å². The zero-order chi connectivity index (χ0) is 24.6. The summed E-state index contributed by atoms with van der Waals surface area (Å²) in [5.74, 6) is -0.611. The minimum atomic E-state index is -0.997. The molecule has 6 rings (SSSR count). The lowest BCUT2D eigenvalue weighted by molar-refractivity contribution is -0.174. The third kappa shape index (κ3) is 3.02. The molecule has 0 aliphatic carbocycles. The third-order valence-corrected chi connectivity index (χ3v) is 6.94. The number of esters is 2. The number of hydrogen-bond donors (Lipinski definition) is 0. The highest BCUT2D eigenvalue weighted by Crippen LogP contribution is 2.49. The van der Waals surface area contributed by atoms with E-state index >= 15 is 0 Å². The lowest BCUT2D eigenvalue weighted by Gasteiger charge is -2.42. The average Bonchev–Trinajstić information content (AvgIpc) is 2.98. The summed E-state index contributed by atoms with van der Waals surface area (Å²) in [6.45, 7) is 3.53. The molecule has 1 fully saturated rings. The summed E-state index contributed by atoms with van der Waals surface area (Å²) in [7, 11) is 3.34. The van der Waals surface area contributed by atoms with E-state index in [0.717, 1.165) is 10.8 Å². The van der Waals surface area contributed by atoms with Crippen molar-refractivity contribution in [2.45, 2.75) is 38.1 Å². The molecule has 2 atom stereocenters. The third-order valence-electron chi connectivity index (χ3n) is 6.94. The molecule has 35 heavy (non-hydrogen) atoms. The lowest BCUT2D eigenvalue weighted by atomic mass is 9.86. The van der Waals surface area contributed by atoms with Crippen molar-refractivity contribution in [2.75, 3.05) is 7.11 Å². The molecule has 0 unspecified atom stereocenters. The standard InChI is InChI=1S/C27H23NO7/c1-27(2)26-25(33-19(29)12-20(30)34-26)22-18(35-27)11-17(32-4)21-23(22)28(3)16-10-14-8-6-5-7-13(14)9-15(16)24(21)31/h5-11,25-26H,12H2,1-4H3/t25-,26-/m1/s1. The van der Waals surface area contributed by atoms with E-state index in [2.05, 4.69) is 0 Å². The van der Waals surface area contributed by atoms with Crippen LogP contribution < -0.4 is 14.9 Å². The van der Waals surface area contributed by atoms with Crippen LogP contribution in [0.25, 0.3) is 32.6 Å². The number of carbonyl (C=O) groups is 2. The Labute approximate surface area is 199 Å². The molecule has 2 aliphatic heterocycles. The zero-order valence-corrected chi connectivity index (χ0v) is 19.7. The van der Waals surface area contributed by atoms with Crippen molar-refractivity contribution >= 4 is 44.5 Å². The summed E-state index contributed by atoms with van der Waals surface area (Å²) < 4.78 is 25.3. The normalized spacial score (nSPS) is 21.0. The number of hydrogen-bond acceptors (Lipinski definition) is 7. The predicted molar refractivity (Wildman–Crippen MR) is 129 cm³/mol. The van der Waals surface area contributed by atoms with Gasteiger partial charge in [0.05, 0.1) is 29.1 Å². The van der Waals surface area contributed by atoms with Crippen LogP contribution in [-0.4, -0.2) is 35.3 Å². The van der Waals surface area contributed by atoms with Gasteiger partial charge in [0, 0.05) is 18.5 Å². The van der Waals surface area contributed by atoms with Crippen molar-refractivity contribution in [3.8, 4) is 11.5 Å². The fraction of sp³-hybridized carbons (Fsp3) is 0.296. The fourth-order valence-corrected chi connectivity index (χ4v) is 5.33. The summed E-state index contributed by atoms with van der Waals surface area (Å²) in [5.41, 5.74) is 0.473. The van der Waals surface area contributed by atoms with E-state index < -0.39 is 36.2 Å². The molecule has 0 N–H and O–H groups in total. The van der Waals surface area contributed by atoms with E-state index in [9.17, 15) is 14.4 Å². The maximum absolute atomic E-state index is 13.9. The van der Waals surface area contributed by atoms with Gasteiger partial charge in [-0.05, 0) is 36.8 Å². The highest BCUT2D eigenvalue weighted by Gasteiger charge is 2.52. The Morgan fingerprint density at radius 3 is 2.40 bits per heavy atom. The van der Waals surface area contributed by atoms with Gasteiger partial charge >= 0.3 is 11.9 Å². The van der Waals surface area contributed by atoms with Gasteiger partial charge in [-0.1, -0.05) is 24.3 Å². The van der Waals surface area contributed by atoms with E-state index in [4.69, 9.17) is 18.9 Å². The Kier molecular flexibility index (Phi) is 4.42. The molecule has 4 aromatic rings. The van der Waals surface area contributed by atoms with Crippen LogP contribution >= 0.6 is 0 Å². The minimum Gasteiger partial charge on any atom is -0.496 e. The van der Waals surface area contributed by atoms with Gasteiger partial charge < -0.3 is 23.5 Å². The van der Waals surface area contributed by atoms with Gasteiger partial charge in [-0.3, -0.25) is 14.4 Å². The fourth-order valence-electron chi connectivity index (χ4n) is 5.33. The van der Waals surface area contributed by atoms with Crippen LogP contribution in [0.15, 0.2) is 47.3 Å². The molecule has 3 heterocycles. The van der Waals surface area contributed by atoms with Crippen molar-refractivity contribution < 1.29 is 28.5 Å².